The lowest BCUT2D eigenvalue weighted by Crippen LogP contribution is -2.31. The number of alkyl halides is 3. The van der Waals surface area contributed by atoms with Crippen molar-refractivity contribution in [1.82, 2.24) is 5.01 Å². The van der Waals surface area contributed by atoms with Crippen LogP contribution in [0.25, 0.3) is 0 Å². The van der Waals surface area contributed by atoms with Crippen LogP contribution in [0.2, 0.25) is 0 Å². The van der Waals surface area contributed by atoms with E-state index < -0.39 is 29.5 Å². The zero-order valence-electron chi connectivity index (χ0n) is 23.8. The fourth-order valence-electron chi connectivity index (χ4n) is 5.52. The average molecular weight is 570 g/mol. The summed E-state index contributed by atoms with van der Waals surface area (Å²) in [6.45, 7) is 9.19. The second-order valence-electron chi connectivity index (χ2n) is 10.8. The van der Waals surface area contributed by atoms with Crippen LogP contribution >= 0.6 is 0 Å². The smallest absolute Gasteiger partial charge is 0.416 e. The molecular weight excluding hydrogens is 531 g/mol. The number of hydrazine groups is 2. The third-order valence-electron chi connectivity index (χ3n) is 8.09. The van der Waals surface area contributed by atoms with Gasteiger partial charge in [0.1, 0.15) is 0 Å². The van der Waals surface area contributed by atoms with Gasteiger partial charge in [0.05, 0.1) is 28.5 Å². The van der Waals surface area contributed by atoms with Gasteiger partial charge in [0.15, 0.2) is 0 Å². The molecular formula is C31H38F3N5O2. The van der Waals surface area contributed by atoms with Crippen LogP contribution in [-0.4, -0.2) is 29.2 Å². The van der Waals surface area contributed by atoms with Crippen LogP contribution < -0.4 is 22.0 Å². The molecule has 0 amide bonds. The van der Waals surface area contributed by atoms with Crippen molar-refractivity contribution in [3.63, 3.8) is 0 Å². The van der Waals surface area contributed by atoms with Gasteiger partial charge in [-0.05, 0) is 91.3 Å². The fraction of sp³-hybridized carbons (Fsp3) is 0.387. The van der Waals surface area contributed by atoms with E-state index in [1.165, 1.54) is 12.1 Å². The number of fused-ring (bicyclic) bond motifs is 1. The van der Waals surface area contributed by atoms with E-state index in [4.69, 9.17) is 11.6 Å². The summed E-state index contributed by atoms with van der Waals surface area (Å²) in [7, 11) is 0. The maximum Gasteiger partial charge on any atom is 0.416 e. The molecule has 0 spiro atoms. The molecule has 4 rings (SSSR count). The standard InChI is InChI=1S/C31H38F3N5O2/c1-5-39(36)27-13-11-25(19(3)29(27)35)28(20(4)30(40)41)22-9-8-18(2)23(15-22)17-38-14-6-7-21-16-24(31(32,33)34)10-12-26(21)37-38/h8-13,15-16,20,28,37H,5-7,14,17,35-36H2,1-4H3,(H,40,41). The first kappa shape index (κ1) is 30.2. The number of nitrogens with two attached hydrogens (primary N) is 2. The van der Waals surface area contributed by atoms with Crippen molar-refractivity contribution >= 4 is 23.0 Å². The Hall–Kier alpha value is -3.76. The Morgan fingerprint density at radius 2 is 1.88 bits per heavy atom. The van der Waals surface area contributed by atoms with E-state index in [2.05, 4.69) is 5.43 Å². The third kappa shape index (κ3) is 6.44. The number of aliphatic carboxylic acids is 1. The summed E-state index contributed by atoms with van der Waals surface area (Å²) in [6, 6.07) is 13.5. The number of anilines is 3. The second-order valence-corrected chi connectivity index (χ2v) is 10.8. The zero-order valence-corrected chi connectivity index (χ0v) is 23.8. The summed E-state index contributed by atoms with van der Waals surface area (Å²) in [4.78, 5) is 12.3. The number of hydrogen-bond donors (Lipinski definition) is 4. The Labute approximate surface area is 238 Å². The molecule has 0 bridgehead atoms. The quantitative estimate of drug-likeness (QED) is 0.145. The summed E-state index contributed by atoms with van der Waals surface area (Å²) in [5, 5.41) is 13.6. The molecule has 0 saturated heterocycles. The number of benzene rings is 3. The van der Waals surface area contributed by atoms with Crippen molar-refractivity contribution in [3.05, 3.63) is 87.5 Å². The van der Waals surface area contributed by atoms with E-state index in [1.807, 2.05) is 56.1 Å². The number of carboxylic acid groups (broad SMARTS) is 1. The molecule has 0 fully saturated rings. The number of halogens is 3. The van der Waals surface area contributed by atoms with E-state index in [-0.39, 0.29) is 0 Å². The molecule has 2 unspecified atom stereocenters. The van der Waals surface area contributed by atoms with Gasteiger partial charge < -0.3 is 21.3 Å². The highest BCUT2D eigenvalue weighted by Gasteiger charge is 2.32. The van der Waals surface area contributed by atoms with E-state index in [0.29, 0.717) is 55.1 Å². The highest BCUT2D eigenvalue weighted by Crippen LogP contribution is 2.40. The van der Waals surface area contributed by atoms with Gasteiger partial charge in [0, 0.05) is 25.6 Å². The molecule has 0 saturated carbocycles. The Morgan fingerprint density at radius 3 is 2.54 bits per heavy atom. The highest BCUT2D eigenvalue weighted by molar-refractivity contribution is 5.76. The Morgan fingerprint density at radius 1 is 1.15 bits per heavy atom. The molecule has 220 valence electrons. The first-order chi connectivity index (χ1) is 19.3. The van der Waals surface area contributed by atoms with Gasteiger partial charge in [-0.25, -0.2) is 10.9 Å². The molecule has 0 radical (unpaired) electrons. The predicted octanol–water partition coefficient (Wildman–Crippen LogP) is 6.23. The SMILES string of the molecule is CCN(N)c1ccc(C(c2ccc(C)c(CN3CCCc4cc(C(F)(F)F)ccc4N3)c2)C(C)C(=O)O)c(C)c1N. The van der Waals surface area contributed by atoms with Gasteiger partial charge in [0.2, 0.25) is 0 Å². The molecule has 3 aromatic rings. The number of aryl methyl sites for hydroxylation is 2. The van der Waals surface area contributed by atoms with Crippen LogP contribution in [0.1, 0.15) is 65.1 Å². The van der Waals surface area contributed by atoms with Gasteiger partial charge in [-0.15, -0.1) is 0 Å². The number of carboxylic acids is 1. The number of rotatable bonds is 8. The van der Waals surface area contributed by atoms with Crippen molar-refractivity contribution in [2.45, 2.75) is 59.2 Å². The summed E-state index contributed by atoms with van der Waals surface area (Å²) in [6.07, 6.45) is -3.15. The van der Waals surface area contributed by atoms with Crippen LogP contribution in [0.3, 0.4) is 0 Å². The van der Waals surface area contributed by atoms with Crippen LogP contribution in [0, 0.1) is 19.8 Å². The second kappa shape index (κ2) is 12.0. The molecule has 7 nitrogen and oxygen atoms in total. The van der Waals surface area contributed by atoms with Gasteiger partial charge in [-0.3, -0.25) is 4.79 Å². The van der Waals surface area contributed by atoms with Crippen molar-refractivity contribution in [2.24, 2.45) is 11.8 Å². The molecule has 10 heteroatoms. The van der Waals surface area contributed by atoms with Gasteiger partial charge >= 0.3 is 12.1 Å². The largest absolute Gasteiger partial charge is 0.481 e. The van der Waals surface area contributed by atoms with Crippen molar-refractivity contribution in [1.29, 1.82) is 0 Å². The van der Waals surface area contributed by atoms with Crippen LogP contribution in [0.5, 0.6) is 0 Å². The summed E-state index contributed by atoms with van der Waals surface area (Å²) >= 11 is 0. The molecule has 0 aliphatic carbocycles. The molecule has 6 N–H and O–H groups in total. The van der Waals surface area contributed by atoms with Crippen LogP contribution in [-0.2, 0) is 23.9 Å². The Bertz CT molecular complexity index is 1430. The maximum atomic E-state index is 13.2. The van der Waals surface area contributed by atoms with Crippen LogP contribution in [0.15, 0.2) is 48.5 Å². The number of carbonyl (C=O) groups is 1. The molecule has 41 heavy (non-hydrogen) atoms. The minimum atomic E-state index is -4.38. The van der Waals surface area contributed by atoms with Crippen molar-refractivity contribution in [2.75, 3.05) is 29.3 Å². The molecule has 1 aliphatic heterocycles. The molecule has 1 aliphatic rings. The van der Waals surface area contributed by atoms with Gasteiger partial charge in [-0.1, -0.05) is 31.2 Å². The Kier molecular flexibility index (Phi) is 8.84. The first-order valence-corrected chi connectivity index (χ1v) is 13.8. The number of nitrogens with one attached hydrogen (secondary N) is 1. The monoisotopic (exact) mass is 569 g/mol. The van der Waals surface area contributed by atoms with Crippen LogP contribution in [0.4, 0.5) is 30.2 Å². The molecule has 2 atom stereocenters. The predicted molar refractivity (Wildman–Crippen MR) is 156 cm³/mol. The highest BCUT2D eigenvalue weighted by atomic mass is 19.4. The number of nitrogens with zero attached hydrogens (tertiary/aromatic N) is 2. The molecule has 1 heterocycles. The van der Waals surface area contributed by atoms with E-state index in [0.717, 1.165) is 33.9 Å². The van der Waals surface area contributed by atoms with Gasteiger partial charge in [0.25, 0.3) is 0 Å². The van der Waals surface area contributed by atoms with E-state index in [9.17, 15) is 23.1 Å². The first-order valence-electron chi connectivity index (χ1n) is 13.8. The molecule has 0 aromatic heterocycles. The van der Waals surface area contributed by atoms with Crippen molar-refractivity contribution in [3.8, 4) is 0 Å². The lowest BCUT2D eigenvalue weighted by molar-refractivity contribution is -0.141. The lowest BCUT2D eigenvalue weighted by Gasteiger charge is -2.28. The summed E-state index contributed by atoms with van der Waals surface area (Å²) < 4.78 is 39.7. The summed E-state index contributed by atoms with van der Waals surface area (Å²) in [5.41, 5.74) is 16.1. The average Bonchev–Trinajstić information content (AvgIpc) is 3.13. The fourth-order valence-corrected chi connectivity index (χ4v) is 5.52. The topological polar surface area (TPSA) is 108 Å². The number of hydrogen-bond acceptors (Lipinski definition) is 6. The molecule has 3 aromatic carbocycles. The number of nitrogen functional groups attached to an aromatic ring is 1. The Balaban J connectivity index is 1.68. The van der Waals surface area contributed by atoms with Gasteiger partial charge in [-0.2, -0.15) is 13.2 Å². The zero-order chi connectivity index (χ0) is 30.1. The minimum Gasteiger partial charge on any atom is -0.481 e. The summed E-state index contributed by atoms with van der Waals surface area (Å²) in [5.74, 6) is 3.98. The van der Waals surface area contributed by atoms with Crippen molar-refractivity contribution < 1.29 is 23.1 Å². The van der Waals surface area contributed by atoms with E-state index >= 15 is 0 Å². The third-order valence-corrected chi connectivity index (χ3v) is 8.09. The maximum absolute atomic E-state index is 13.2. The lowest BCUT2D eigenvalue weighted by atomic mass is 9.78. The normalized spacial score (nSPS) is 15.4. The minimum absolute atomic E-state index is 0.463. The van der Waals surface area contributed by atoms with E-state index in [1.54, 1.807) is 11.9 Å².